The van der Waals surface area contributed by atoms with Crippen molar-refractivity contribution in [2.24, 2.45) is 0 Å². The first-order chi connectivity index (χ1) is 7.11. The summed E-state index contributed by atoms with van der Waals surface area (Å²) in [5.41, 5.74) is 0. The molecular formula is C10H18O5. The number of rotatable bonds is 6. The highest BCUT2D eigenvalue weighted by Gasteiger charge is 2.48. The summed E-state index contributed by atoms with van der Waals surface area (Å²) >= 11 is 0. The summed E-state index contributed by atoms with van der Waals surface area (Å²) in [7, 11) is 0. The molecule has 0 spiro atoms. The molecule has 0 aromatic rings. The van der Waals surface area contributed by atoms with E-state index in [4.69, 9.17) is 4.74 Å². The molecule has 0 radical (unpaired) electrons. The highest BCUT2D eigenvalue weighted by molar-refractivity contribution is 5.75. The van der Waals surface area contributed by atoms with E-state index in [1.54, 1.807) is 6.92 Å². The highest BCUT2D eigenvalue weighted by atomic mass is 16.6. The third kappa shape index (κ3) is 3.15. The average Bonchev–Trinajstić information content (AvgIpc) is 2.96. The third-order valence-corrected chi connectivity index (χ3v) is 2.38. The first-order valence-electron chi connectivity index (χ1n) is 5.30. The van der Waals surface area contributed by atoms with Gasteiger partial charge in [0, 0.05) is 0 Å². The predicted octanol–water partition coefficient (Wildman–Crippen LogP) is -0.161. The van der Waals surface area contributed by atoms with Gasteiger partial charge in [0.1, 0.15) is 12.2 Å². The summed E-state index contributed by atoms with van der Waals surface area (Å²) in [4.78, 5) is 11.1. The monoisotopic (exact) mass is 218 g/mol. The summed E-state index contributed by atoms with van der Waals surface area (Å²) in [5.74, 6) is -0.796. The van der Waals surface area contributed by atoms with Crippen LogP contribution in [0.4, 0.5) is 0 Å². The minimum Gasteiger partial charge on any atom is -0.464 e. The van der Waals surface area contributed by atoms with E-state index in [9.17, 15) is 15.0 Å². The van der Waals surface area contributed by atoms with E-state index in [1.807, 2.05) is 6.92 Å². The van der Waals surface area contributed by atoms with Gasteiger partial charge < -0.3 is 19.7 Å². The van der Waals surface area contributed by atoms with E-state index in [-0.39, 0.29) is 12.7 Å². The Labute approximate surface area is 89.0 Å². The van der Waals surface area contributed by atoms with Crippen molar-refractivity contribution in [3.05, 3.63) is 0 Å². The van der Waals surface area contributed by atoms with Crippen LogP contribution in [0.25, 0.3) is 0 Å². The lowest BCUT2D eigenvalue weighted by molar-refractivity contribution is -0.159. The van der Waals surface area contributed by atoms with Gasteiger partial charge >= 0.3 is 5.97 Å². The molecule has 1 heterocycles. The maximum absolute atomic E-state index is 11.1. The molecule has 0 unspecified atom stereocenters. The van der Waals surface area contributed by atoms with Crippen LogP contribution < -0.4 is 0 Å². The molecule has 15 heavy (non-hydrogen) atoms. The third-order valence-electron chi connectivity index (χ3n) is 2.38. The molecule has 4 atom stereocenters. The lowest BCUT2D eigenvalue weighted by Gasteiger charge is -2.14. The van der Waals surface area contributed by atoms with Crippen molar-refractivity contribution in [2.75, 3.05) is 6.61 Å². The molecule has 5 nitrogen and oxygen atoms in total. The van der Waals surface area contributed by atoms with E-state index in [2.05, 4.69) is 4.74 Å². The van der Waals surface area contributed by atoms with Crippen LogP contribution in [-0.2, 0) is 14.3 Å². The molecule has 88 valence electrons. The highest BCUT2D eigenvalue weighted by Crippen LogP contribution is 2.30. The molecule has 1 fully saturated rings. The Balaban J connectivity index is 2.34. The standard InChI is InChI=1S/C10H18O5/c1-3-5-6-9(15-6)7(11)8(12)10(13)14-4-2/h6-9,11-12H,3-5H2,1-2H3/t6-,7+,8+,9+/m0/s1. The number of carbonyl (C=O) groups excluding carboxylic acids is 1. The Hall–Kier alpha value is -0.650. The fourth-order valence-electron chi connectivity index (χ4n) is 1.52. The maximum Gasteiger partial charge on any atom is 0.337 e. The molecule has 2 N–H and O–H groups in total. The molecule has 0 bridgehead atoms. The van der Waals surface area contributed by atoms with Crippen molar-refractivity contribution in [1.29, 1.82) is 0 Å². The summed E-state index contributed by atoms with van der Waals surface area (Å²) < 4.78 is 9.74. The van der Waals surface area contributed by atoms with E-state index in [1.165, 1.54) is 0 Å². The van der Waals surface area contributed by atoms with Gasteiger partial charge in [0.2, 0.25) is 0 Å². The van der Waals surface area contributed by atoms with Crippen molar-refractivity contribution in [3.63, 3.8) is 0 Å². The Bertz CT molecular complexity index is 218. The van der Waals surface area contributed by atoms with Gasteiger partial charge in [0.15, 0.2) is 6.10 Å². The molecule has 0 aromatic carbocycles. The van der Waals surface area contributed by atoms with Crippen LogP contribution in [0.3, 0.4) is 0 Å². The zero-order chi connectivity index (χ0) is 11.4. The van der Waals surface area contributed by atoms with Crippen molar-refractivity contribution in [3.8, 4) is 0 Å². The van der Waals surface area contributed by atoms with Crippen molar-refractivity contribution in [1.82, 2.24) is 0 Å². The van der Waals surface area contributed by atoms with Gasteiger partial charge in [-0.3, -0.25) is 0 Å². The van der Waals surface area contributed by atoms with E-state index in [0.717, 1.165) is 12.8 Å². The molecule has 0 saturated carbocycles. The number of carbonyl (C=O) groups is 1. The van der Waals surface area contributed by atoms with Gasteiger partial charge in [-0.1, -0.05) is 13.3 Å². The number of aliphatic hydroxyl groups is 2. The van der Waals surface area contributed by atoms with Crippen LogP contribution in [-0.4, -0.2) is 47.2 Å². The van der Waals surface area contributed by atoms with Crippen LogP contribution in [0.2, 0.25) is 0 Å². The Morgan fingerprint density at radius 1 is 1.47 bits per heavy atom. The first kappa shape index (κ1) is 12.4. The smallest absolute Gasteiger partial charge is 0.337 e. The second-order valence-corrected chi connectivity index (χ2v) is 3.62. The molecular weight excluding hydrogens is 200 g/mol. The second kappa shape index (κ2) is 5.44. The van der Waals surface area contributed by atoms with E-state index >= 15 is 0 Å². The van der Waals surface area contributed by atoms with Gasteiger partial charge in [-0.15, -0.1) is 0 Å². The molecule has 5 heteroatoms. The topological polar surface area (TPSA) is 79.3 Å². The van der Waals surface area contributed by atoms with Crippen LogP contribution in [0.1, 0.15) is 26.7 Å². The Kier molecular flexibility index (Phi) is 4.50. The molecule has 0 aromatic heterocycles. The number of aliphatic hydroxyl groups excluding tert-OH is 2. The largest absolute Gasteiger partial charge is 0.464 e. The summed E-state index contributed by atoms with van der Waals surface area (Å²) in [5, 5.41) is 19.0. The summed E-state index contributed by atoms with van der Waals surface area (Å²) in [6, 6.07) is 0. The van der Waals surface area contributed by atoms with Crippen LogP contribution >= 0.6 is 0 Å². The van der Waals surface area contributed by atoms with Crippen molar-refractivity contribution < 1.29 is 24.5 Å². The minimum absolute atomic E-state index is 0.0333. The van der Waals surface area contributed by atoms with Gasteiger partial charge in [-0.05, 0) is 13.3 Å². The molecule has 0 aliphatic carbocycles. The quantitative estimate of drug-likeness (QED) is 0.478. The molecule has 1 aliphatic rings. The minimum atomic E-state index is -1.50. The van der Waals surface area contributed by atoms with Gasteiger partial charge in [-0.25, -0.2) is 4.79 Å². The number of ether oxygens (including phenoxy) is 2. The van der Waals surface area contributed by atoms with Gasteiger partial charge in [0.25, 0.3) is 0 Å². The molecule has 1 aliphatic heterocycles. The molecule has 0 amide bonds. The van der Waals surface area contributed by atoms with Crippen molar-refractivity contribution in [2.45, 2.75) is 51.1 Å². The number of hydrogen-bond acceptors (Lipinski definition) is 5. The van der Waals surface area contributed by atoms with Crippen LogP contribution in [0.5, 0.6) is 0 Å². The molecule has 1 rings (SSSR count). The van der Waals surface area contributed by atoms with E-state index < -0.39 is 24.3 Å². The Morgan fingerprint density at radius 3 is 2.67 bits per heavy atom. The normalized spacial score (nSPS) is 28.3. The van der Waals surface area contributed by atoms with E-state index in [0.29, 0.717) is 0 Å². The molecule has 1 saturated heterocycles. The zero-order valence-electron chi connectivity index (χ0n) is 9.05. The summed E-state index contributed by atoms with van der Waals surface area (Å²) in [6.07, 6.45) is -1.36. The zero-order valence-corrected chi connectivity index (χ0v) is 9.05. The van der Waals surface area contributed by atoms with Crippen LogP contribution in [0, 0.1) is 0 Å². The predicted molar refractivity (Wildman–Crippen MR) is 52.2 cm³/mol. The lowest BCUT2D eigenvalue weighted by atomic mass is 10.1. The average molecular weight is 218 g/mol. The summed E-state index contributed by atoms with van der Waals surface area (Å²) in [6.45, 7) is 3.84. The Morgan fingerprint density at radius 2 is 2.13 bits per heavy atom. The number of hydrogen-bond donors (Lipinski definition) is 2. The van der Waals surface area contributed by atoms with Crippen LogP contribution in [0.15, 0.2) is 0 Å². The lowest BCUT2D eigenvalue weighted by Crippen LogP contribution is -2.39. The second-order valence-electron chi connectivity index (χ2n) is 3.62. The van der Waals surface area contributed by atoms with Crippen molar-refractivity contribution >= 4 is 5.97 Å². The fourth-order valence-corrected chi connectivity index (χ4v) is 1.52. The number of esters is 1. The van der Waals surface area contributed by atoms with Gasteiger partial charge in [0.05, 0.1) is 12.7 Å². The first-order valence-corrected chi connectivity index (χ1v) is 5.30. The SMILES string of the molecule is CCC[C@@H]1O[C@H]1[C@H](O)[C@@H](O)C(=O)OCC. The maximum atomic E-state index is 11.1. The fraction of sp³-hybridized carbons (Fsp3) is 0.900. The van der Waals surface area contributed by atoms with Gasteiger partial charge in [-0.2, -0.15) is 0 Å². The number of epoxide rings is 1.